The van der Waals surface area contributed by atoms with Crippen molar-refractivity contribution in [3.05, 3.63) is 26.7 Å². The van der Waals surface area contributed by atoms with E-state index in [-0.39, 0.29) is 5.92 Å². The fraction of sp³-hybridized carbons (Fsp3) is 0.722. The summed E-state index contributed by atoms with van der Waals surface area (Å²) < 4.78 is 28.6. The molecule has 3 rings (SSSR count). The van der Waals surface area contributed by atoms with Gasteiger partial charge in [-0.15, -0.1) is 0 Å². The van der Waals surface area contributed by atoms with Gasteiger partial charge in [-0.3, -0.25) is 19.2 Å². The van der Waals surface area contributed by atoms with Crippen LogP contribution in [0.3, 0.4) is 0 Å². The van der Waals surface area contributed by atoms with Crippen LogP contribution in [0, 0.1) is 5.92 Å². The molecule has 2 N–H and O–H groups in total. The topological polar surface area (TPSA) is 122 Å². The molecule has 0 saturated carbocycles. The molecule has 1 aliphatic heterocycles. The van der Waals surface area contributed by atoms with Gasteiger partial charge in [-0.05, 0) is 31.7 Å². The largest absolute Gasteiger partial charge is 0.330 e. The number of fused-ring (bicyclic) bond motifs is 1. The number of hydrogen-bond donors (Lipinski definition) is 2. The first-order valence-corrected chi connectivity index (χ1v) is 11.9. The van der Waals surface area contributed by atoms with Crippen LogP contribution in [0.5, 0.6) is 0 Å². The number of nitrogens with one attached hydrogen (secondary N) is 2. The molecule has 0 amide bonds. The second-order valence-electron chi connectivity index (χ2n) is 7.89. The highest BCUT2D eigenvalue weighted by Crippen LogP contribution is 2.19. The first kappa shape index (κ1) is 21.7. The second kappa shape index (κ2) is 8.80. The zero-order chi connectivity index (χ0) is 21.2. The lowest BCUT2D eigenvalue weighted by molar-refractivity contribution is 0.164. The van der Waals surface area contributed by atoms with E-state index in [9.17, 15) is 18.0 Å². The van der Waals surface area contributed by atoms with Gasteiger partial charge in [-0.1, -0.05) is 13.3 Å². The Labute approximate surface area is 170 Å². The number of aromatic amines is 1. The van der Waals surface area contributed by atoms with Crippen LogP contribution < -0.4 is 16.0 Å². The molecule has 1 unspecified atom stereocenters. The molecule has 10 nitrogen and oxygen atoms in total. The van der Waals surface area contributed by atoms with Crippen LogP contribution >= 0.6 is 0 Å². The van der Waals surface area contributed by atoms with Gasteiger partial charge >= 0.3 is 5.69 Å². The van der Waals surface area contributed by atoms with E-state index in [1.165, 1.54) is 6.26 Å². The smallest absolute Gasteiger partial charge is 0.324 e. The van der Waals surface area contributed by atoms with Crippen molar-refractivity contribution in [3.63, 3.8) is 0 Å². The van der Waals surface area contributed by atoms with Gasteiger partial charge in [0.15, 0.2) is 11.2 Å². The molecule has 1 saturated heterocycles. The number of aryl methyl sites for hydroxylation is 2. The third kappa shape index (κ3) is 5.14. The predicted molar refractivity (Wildman–Crippen MR) is 111 cm³/mol. The molecule has 162 valence electrons. The lowest BCUT2D eigenvalue weighted by Crippen LogP contribution is -2.40. The number of aromatic nitrogens is 4. The maximum absolute atomic E-state index is 12.4. The summed E-state index contributed by atoms with van der Waals surface area (Å²) in [6.07, 6.45) is 4.87. The summed E-state index contributed by atoms with van der Waals surface area (Å²) in [6, 6.07) is 0. The Kier molecular flexibility index (Phi) is 6.59. The van der Waals surface area contributed by atoms with Crippen LogP contribution in [-0.2, 0) is 30.2 Å². The number of likely N-dealkylation sites (tertiary alicyclic amines) is 1. The Hall–Kier alpha value is -1.98. The van der Waals surface area contributed by atoms with Gasteiger partial charge in [-0.2, -0.15) is 0 Å². The Morgan fingerprint density at radius 2 is 2.07 bits per heavy atom. The molecule has 1 fully saturated rings. The Bertz CT molecular complexity index is 1080. The summed E-state index contributed by atoms with van der Waals surface area (Å²) in [7, 11) is -1.41. The standard InChI is InChI=1S/C18H30N6O4S/c1-4-5-9-24-16-15(17(25)21-18(24)26)22(2)14(20-16)12-23-8-6-7-13(11-23)10-19-29(3,27)28/h13,19H,4-12H2,1-3H3,(H,21,25,26). The predicted octanol–water partition coefficient (Wildman–Crippen LogP) is -0.0154. The van der Waals surface area contributed by atoms with Gasteiger partial charge in [-0.25, -0.2) is 22.9 Å². The molecule has 0 aliphatic carbocycles. The lowest BCUT2D eigenvalue weighted by Gasteiger charge is -2.32. The van der Waals surface area contributed by atoms with Crippen molar-refractivity contribution in [1.29, 1.82) is 0 Å². The van der Waals surface area contributed by atoms with Crippen molar-refractivity contribution in [3.8, 4) is 0 Å². The third-order valence-corrected chi connectivity index (χ3v) is 6.13. The van der Waals surface area contributed by atoms with E-state index in [0.717, 1.165) is 44.6 Å². The average Bonchev–Trinajstić information content (AvgIpc) is 2.96. The van der Waals surface area contributed by atoms with Crippen molar-refractivity contribution in [1.82, 2.24) is 28.7 Å². The molecular formula is C18H30N6O4S. The number of imidazole rings is 1. The zero-order valence-electron chi connectivity index (χ0n) is 17.3. The highest BCUT2D eigenvalue weighted by Gasteiger charge is 2.23. The molecule has 0 bridgehead atoms. The minimum Gasteiger partial charge on any atom is -0.324 e. The highest BCUT2D eigenvalue weighted by molar-refractivity contribution is 7.88. The van der Waals surface area contributed by atoms with Crippen molar-refractivity contribution in [2.75, 3.05) is 25.9 Å². The van der Waals surface area contributed by atoms with E-state index < -0.39 is 21.3 Å². The fourth-order valence-corrected chi connectivity index (χ4v) is 4.43. The van der Waals surface area contributed by atoms with Crippen LogP contribution in [0.1, 0.15) is 38.4 Å². The maximum atomic E-state index is 12.4. The van der Waals surface area contributed by atoms with Crippen molar-refractivity contribution >= 4 is 21.2 Å². The quantitative estimate of drug-likeness (QED) is 0.612. The Balaban J connectivity index is 1.83. The molecule has 1 atom stereocenters. The van der Waals surface area contributed by atoms with Gasteiger partial charge in [0.25, 0.3) is 5.56 Å². The second-order valence-corrected chi connectivity index (χ2v) is 9.72. The van der Waals surface area contributed by atoms with Gasteiger partial charge in [0.1, 0.15) is 5.82 Å². The van der Waals surface area contributed by atoms with Crippen molar-refractivity contribution in [2.45, 2.75) is 45.7 Å². The van der Waals surface area contributed by atoms with Crippen molar-refractivity contribution in [2.24, 2.45) is 13.0 Å². The number of H-pyrrole nitrogens is 1. The molecule has 0 spiro atoms. The monoisotopic (exact) mass is 426 g/mol. The van der Waals surface area contributed by atoms with Crippen molar-refractivity contribution < 1.29 is 8.42 Å². The van der Waals surface area contributed by atoms with Crippen LogP contribution in [0.4, 0.5) is 0 Å². The minimum atomic E-state index is -3.20. The SMILES string of the molecule is CCCCn1c(=O)[nH]c(=O)c2c1nc(CN1CCCC(CNS(C)(=O)=O)C1)n2C. The summed E-state index contributed by atoms with van der Waals surface area (Å²) >= 11 is 0. The molecule has 11 heteroatoms. The molecule has 3 heterocycles. The normalized spacial score (nSPS) is 18.5. The molecule has 1 aliphatic rings. The van der Waals surface area contributed by atoms with Gasteiger partial charge in [0.2, 0.25) is 10.0 Å². The average molecular weight is 427 g/mol. The number of unbranched alkanes of at least 4 members (excludes halogenated alkanes) is 1. The van der Waals surface area contributed by atoms with E-state index >= 15 is 0 Å². The first-order chi connectivity index (χ1) is 13.7. The maximum Gasteiger partial charge on any atom is 0.330 e. The molecular weight excluding hydrogens is 396 g/mol. The number of rotatable bonds is 8. The number of piperidine rings is 1. The Morgan fingerprint density at radius 3 is 2.76 bits per heavy atom. The summed E-state index contributed by atoms with van der Waals surface area (Å²) in [4.78, 5) is 33.9. The highest BCUT2D eigenvalue weighted by atomic mass is 32.2. The van der Waals surface area contributed by atoms with Crippen LogP contribution in [0.15, 0.2) is 9.59 Å². The summed E-state index contributed by atoms with van der Waals surface area (Å²) in [5, 5.41) is 0. The fourth-order valence-electron chi connectivity index (χ4n) is 3.89. The minimum absolute atomic E-state index is 0.235. The van der Waals surface area contributed by atoms with E-state index in [2.05, 4.69) is 19.6 Å². The summed E-state index contributed by atoms with van der Waals surface area (Å²) in [5.74, 6) is 0.956. The summed E-state index contributed by atoms with van der Waals surface area (Å²) in [6.45, 7) is 5.17. The van der Waals surface area contributed by atoms with E-state index in [1.807, 2.05) is 6.92 Å². The molecule has 2 aromatic heterocycles. The molecule has 2 aromatic rings. The number of nitrogens with zero attached hydrogens (tertiary/aromatic N) is 4. The van der Waals surface area contributed by atoms with Crippen LogP contribution in [-0.4, -0.2) is 58.3 Å². The van der Waals surface area contributed by atoms with Crippen LogP contribution in [0.25, 0.3) is 11.2 Å². The van der Waals surface area contributed by atoms with E-state index in [4.69, 9.17) is 0 Å². The number of sulfonamides is 1. The molecule has 0 radical (unpaired) electrons. The molecule has 0 aromatic carbocycles. The third-order valence-electron chi connectivity index (χ3n) is 5.44. The molecule has 29 heavy (non-hydrogen) atoms. The zero-order valence-corrected chi connectivity index (χ0v) is 18.1. The Morgan fingerprint density at radius 1 is 1.31 bits per heavy atom. The van der Waals surface area contributed by atoms with E-state index in [0.29, 0.717) is 30.8 Å². The number of hydrogen-bond acceptors (Lipinski definition) is 6. The van der Waals surface area contributed by atoms with Crippen LogP contribution in [0.2, 0.25) is 0 Å². The van der Waals surface area contributed by atoms with Gasteiger partial charge in [0.05, 0.1) is 12.8 Å². The summed E-state index contributed by atoms with van der Waals surface area (Å²) in [5.41, 5.74) is -0.0154. The van der Waals surface area contributed by atoms with Gasteiger partial charge < -0.3 is 4.57 Å². The lowest BCUT2D eigenvalue weighted by atomic mass is 9.98. The van der Waals surface area contributed by atoms with Gasteiger partial charge in [0, 0.05) is 26.7 Å². The van der Waals surface area contributed by atoms with E-state index in [1.54, 1.807) is 16.2 Å². The first-order valence-electron chi connectivity index (χ1n) is 10.0.